The van der Waals surface area contributed by atoms with Gasteiger partial charge in [-0.1, -0.05) is 30.3 Å². The largest absolute Gasteiger partial charge is 0.497 e. The molecule has 1 aliphatic rings. The van der Waals surface area contributed by atoms with Crippen molar-refractivity contribution in [1.82, 2.24) is 10.2 Å². The topological polar surface area (TPSA) is 58.6 Å². The fourth-order valence-corrected chi connectivity index (χ4v) is 3.22. The second kappa shape index (κ2) is 8.52. The first-order chi connectivity index (χ1) is 12.7. The van der Waals surface area contributed by atoms with Gasteiger partial charge in [-0.3, -0.25) is 4.79 Å². The molecule has 26 heavy (non-hydrogen) atoms. The third kappa shape index (κ3) is 4.42. The molecule has 1 aliphatic heterocycles. The van der Waals surface area contributed by atoms with Crippen molar-refractivity contribution in [1.29, 1.82) is 0 Å². The molecule has 5 heteroatoms. The summed E-state index contributed by atoms with van der Waals surface area (Å²) in [6.45, 7) is 1.73. The lowest BCUT2D eigenvalue weighted by atomic mass is 9.89. The average Bonchev–Trinajstić information content (AvgIpc) is 2.72. The first-order valence-corrected chi connectivity index (χ1v) is 8.92. The van der Waals surface area contributed by atoms with Crippen LogP contribution in [0.3, 0.4) is 0 Å². The molecule has 1 fully saturated rings. The fraction of sp³-hybridized carbons (Fsp3) is 0.333. The summed E-state index contributed by atoms with van der Waals surface area (Å²) in [5.74, 6) is 0.866. The zero-order valence-electron chi connectivity index (χ0n) is 15.0. The number of likely N-dealkylation sites (tertiary alicyclic amines) is 1. The monoisotopic (exact) mass is 352 g/mol. The van der Waals surface area contributed by atoms with Crippen LogP contribution in [0.15, 0.2) is 54.6 Å². The van der Waals surface area contributed by atoms with Crippen LogP contribution in [0.1, 0.15) is 28.8 Å². The number of nitrogens with one attached hydrogen (secondary N) is 1. The molecule has 1 saturated heterocycles. The molecule has 136 valence electrons. The zero-order valence-corrected chi connectivity index (χ0v) is 15.0. The predicted molar refractivity (Wildman–Crippen MR) is 100 cm³/mol. The second-order valence-electron chi connectivity index (χ2n) is 6.50. The third-order valence-electron chi connectivity index (χ3n) is 4.81. The van der Waals surface area contributed by atoms with Crippen LogP contribution in [0.5, 0.6) is 5.75 Å². The molecule has 0 spiro atoms. The third-order valence-corrected chi connectivity index (χ3v) is 4.81. The second-order valence-corrected chi connectivity index (χ2v) is 6.50. The number of benzene rings is 2. The normalized spacial score (nSPS) is 14.7. The van der Waals surface area contributed by atoms with Crippen LogP contribution < -0.4 is 10.1 Å². The molecule has 0 aromatic heterocycles. The van der Waals surface area contributed by atoms with Gasteiger partial charge in [0.2, 0.25) is 0 Å². The highest BCUT2D eigenvalue weighted by Crippen LogP contribution is 2.23. The van der Waals surface area contributed by atoms with Gasteiger partial charge >= 0.3 is 6.03 Å². The Morgan fingerprint density at radius 3 is 2.31 bits per heavy atom. The molecule has 3 rings (SSSR count). The molecule has 1 N–H and O–H groups in total. The summed E-state index contributed by atoms with van der Waals surface area (Å²) < 4.78 is 5.13. The highest BCUT2D eigenvalue weighted by molar-refractivity contribution is 5.98. The number of hydrogen-bond donors (Lipinski definition) is 1. The maximum Gasteiger partial charge on any atom is 0.317 e. The standard InChI is InChI=1S/C21H24N2O3/c1-26-19-9-7-17(8-10-19)20(24)18-11-13-23(14-12-18)21(25)22-15-16-5-3-2-4-6-16/h2-10,18H,11-15H2,1H3,(H,22,25). The Bertz CT molecular complexity index is 736. The number of carbonyl (C=O) groups is 2. The highest BCUT2D eigenvalue weighted by atomic mass is 16.5. The lowest BCUT2D eigenvalue weighted by molar-refractivity contribution is 0.0854. The smallest absolute Gasteiger partial charge is 0.317 e. The van der Waals surface area contributed by atoms with Gasteiger partial charge in [0.1, 0.15) is 5.75 Å². The Morgan fingerprint density at radius 2 is 1.69 bits per heavy atom. The molecule has 2 amide bonds. The Kier molecular flexibility index (Phi) is 5.89. The lowest BCUT2D eigenvalue weighted by Gasteiger charge is -2.31. The Labute approximate surface area is 154 Å². The van der Waals surface area contributed by atoms with E-state index in [1.807, 2.05) is 30.3 Å². The van der Waals surface area contributed by atoms with Gasteiger partial charge < -0.3 is 15.0 Å². The van der Waals surface area contributed by atoms with Gasteiger partial charge in [-0.15, -0.1) is 0 Å². The molecule has 0 saturated carbocycles. The minimum Gasteiger partial charge on any atom is -0.497 e. The molecular formula is C21H24N2O3. The summed E-state index contributed by atoms with van der Waals surface area (Å²) in [5.41, 5.74) is 1.78. The number of piperidine rings is 1. The minimum absolute atomic E-state index is 0.0263. The van der Waals surface area contributed by atoms with E-state index < -0.39 is 0 Å². The average molecular weight is 352 g/mol. The molecule has 0 bridgehead atoms. The van der Waals surface area contributed by atoms with Gasteiger partial charge in [-0.2, -0.15) is 0 Å². The van der Waals surface area contributed by atoms with Crippen LogP contribution in [0.25, 0.3) is 0 Å². The van der Waals surface area contributed by atoms with Crippen LogP contribution in [0.2, 0.25) is 0 Å². The van der Waals surface area contributed by atoms with Crippen molar-refractivity contribution in [3.63, 3.8) is 0 Å². The van der Waals surface area contributed by atoms with Crippen LogP contribution in [-0.2, 0) is 6.54 Å². The minimum atomic E-state index is -0.0656. The first-order valence-electron chi connectivity index (χ1n) is 8.92. The van der Waals surface area contributed by atoms with E-state index in [9.17, 15) is 9.59 Å². The Hall–Kier alpha value is -2.82. The Morgan fingerprint density at radius 1 is 1.04 bits per heavy atom. The zero-order chi connectivity index (χ0) is 18.4. The van der Waals surface area contributed by atoms with E-state index in [4.69, 9.17) is 4.74 Å². The molecule has 0 aliphatic carbocycles. The summed E-state index contributed by atoms with van der Waals surface area (Å²) in [6.07, 6.45) is 1.40. The van der Waals surface area contributed by atoms with Crippen molar-refractivity contribution in [3.8, 4) is 5.75 Å². The number of rotatable bonds is 5. The van der Waals surface area contributed by atoms with E-state index in [0.29, 0.717) is 38.0 Å². The molecule has 2 aromatic rings. The van der Waals surface area contributed by atoms with Crippen molar-refractivity contribution < 1.29 is 14.3 Å². The Balaban J connectivity index is 1.48. The fourth-order valence-electron chi connectivity index (χ4n) is 3.22. The van der Waals surface area contributed by atoms with E-state index in [2.05, 4.69) is 5.32 Å². The van der Waals surface area contributed by atoms with Gasteiger partial charge in [-0.05, 0) is 42.7 Å². The quantitative estimate of drug-likeness (QED) is 0.838. The number of amides is 2. The van der Waals surface area contributed by atoms with Crippen LogP contribution >= 0.6 is 0 Å². The molecule has 0 unspecified atom stereocenters. The predicted octanol–water partition coefficient (Wildman–Crippen LogP) is 3.50. The maximum atomic E-state index is 12.6. The number of hydrogen-bond acceptors (Lipinski definition) is 3. The number of urea groups is 1. The van der Waals surface area contributed by atoms with Gasteiger partial charge in [-0.25, -0.2) is 4.79 Å². The van der Waals surface area contributed by atoms with Crippen molar-refractivity contribution >= 4 is 11.8 Å². The van der Waals surface area contributed by atoms with Crippen molar-refractivity contribution in [2.24, 2.45) is 5.92 Å². The summed E-state index contributed by atoms with van der Waals surface area (Å²) in [6, 6.07) is 17.0. The number of methoxy groups -OCH3 is 1. The first kappa shape index (κ1) is 18.0. The van der Waals surface area contributed by atoms with Crippen LogP contribution in [0, 0.1) is 5.92 Å². The number of Topliss-reactive ketones (excluding diaryl/α,β-unsaturated/α-hetero) is 1. The van der Waals surface area contributed by atoms with E-state index in [1.165, 1.54) is 0 Å². The van der Waals surface area contributed by atoms with Crippen molar-refractivity contribution in [2.75, 3.05) is 20.2 Å². The molecule has 1 heterocycles. The highest BCUT2D eigenvalue weighted by Gasteiger charge is 2.27. The number of carbonyl (C=O) groups excluding carboxylic acids is 2. The molecule has 0 atom stereocenters. The van der Waals surface area contributed by atoms with Crippen molar-refractivity contribution in [2.45, 2.75) is 19.4 Å². The molecule has 5 nitrogen and oxygen atoms in total. The van der Waals surface area contributed by atoms with E-state index in [-0.39, 0.29) is 17.7 Å². The van der Waals surface area contributed by atoms with Gasteiger partial charge in [0.05, 0.1) is 7.11 Å². The number of ether oxygens (including phenoxy) is 1. The molecule has 2 aromatic carbocycles. The van der Waals surface area contributed by atoms with Crippen LogP contribution in [0.4, 0.5) is 4.79 Å². The maximum absolute atomic E-state index is 12.6. The van der Waals surface area contributed by atoms with Gasteiger partial charge in [0.25, 0.3) is 0 Å². The van der Waals surface area contributed by atoms with Gasteiger partial charge in [0.15, 0.2) is 5.78 Å². The summed E-state index contributed by atoms with van der Waals surface area (Å²) in [5, 5.41) is 2.95. The number of nitrogens with zero attached hydrogens (tertiary/aromatic N) is 1. The van der Waals surface area contributed by atoms with Crippen LogP contribution in [-0.4, -0.2) is 36.9 Å². The van der Waals surface area contributed by atoms with E-state index in [0.717, 1.165) is 11.3 Å². The SMILES string of the molecule is COc1ccc(C(=O)C2CCN(C(=O)NCc3ccccc3)CC2)cc1. The van der Waals surface area contributed by atoms with Crippen molar-refractivity contribution in [3.05, 3.63) is 65.7 Å². The molecular weight excluding hydrogens is 328 g/mol. The van der Waals surface area contributed by atoms with E-state index >= 15 is 0 Å². The molecule has 0 radical (unpaired) electrons. The summed E-state index contributed by atoms with van der Waals surface area (Å²) in [4.78, 5) is 26.7. The summed E-state index contributed by atoms with van der Waals surface area (Å²) in [7, 11) is 1.61. The lowest BCUT2D eigenvalue weighted by Crippen LogP contribution is -2.45. The van der Waals surface area contributed by atoms with Gasteiger partial charge in [0, 0.05) is 31.1 Å². The van der Waals surface area contributed by atoms with E-state index in [1.54, 1.807) is 36.3 Å². The number of ketones is 1. The summed E-state index contributed by atoms with van der Waals surface area (Å²) >= 11 is 0.